The van der Waals surface area contributed by atoms with Gasteiger partial charge in [0, 0.05) is 0 Å². The SMILES string of the molecule is CC(C)C1CC=C([B-](F)(F)F)CC1.[K+]. The molecule has 0 radical (unpaired) electrons. The summed E-state index contributed by atoms with van der Waals surface area (Å²) in [6.07, 6.45) is 2.93. The summed E-state index contributed by atoms with van der Waals surface area (Å²) < 4.78 is 36.8. The first kappa shape index (κ1) is 15.2. The van der Waals surface area contributed by atoms with E-state index in [1.54, 1.807) is 0 Å². The van der Waals surface area contributed by atoms with E-state index in [0.29, 0.717) is 24.7 Å². The zero-order chi connectivity index (χ0) is 10.1. The minimum atomic E-state index is -4.71. The Morgan fingerprint density at radius 2 is 1.93 bits per heavy atom. The van der Waals surface area contributed by atoms with Gasteiger partial charge in [0.25, 0.3) is 0 Å². The summed E-state index contributed by atoms with van der Waals surface area (Å²) in [7, 11) is 0. The first-order valence-electron chi connectivity index (χ1n) is 4.80. The van der Waals surface area contributed by atoms with E-state index in [1.165, 1.54) is 6.08 Å². The maximum Gasteiger partial charge on any atom is 1.00 e. The fourth-order valence-corrected chi connectivity index (χ4v) is 1.78. The maximum absolute atomic E-state index is 12.3. The largest absolute Gasteiger partial charge is 1.00 e. The van der Waals surface area contributed by atoms with Gasteiger partial charge in [0.05, 0.1) is 0 Å². The van der Waals surface area contributed by atoms with Gasteiger partial charge < -0.3 is 12.9 Å². The minimum Gasteiger partial charge on any atom is -0.445 e. The molecule has 0 amide bonds. The smallest absolute Gasteiger partial charge is 0.445 e. The van der Waals surface area contributed by atoms with Crippen LogP contribution in [0, 0.1) is 11.8 Å². The van der Waals surface area contributed by atoms with Crippen molar-refractivity contribution in [1.82, 2.24) is 0 Å². The van der Waals surface area contributed by atoms with Crippen LogP contribution in [-0.2, 0) is 0 Å². The van der Waals surface area contributed by atoms with Crippen LogP contribution < -0.4 is 51.4 Å². The molecule has 0 aromatic carbocycles. The van der Waals surface area contributed by atoms with E-state index in [4.69, 9.17) is 0 Å². The van der Waals surface area contributed by atoms with E-state index in [2.05, 4.69) is 13.8 Å². The molecule has 0 aromatic heterocycles. The van der Waals surface area contributed by atoms with Crippen LogP contribution in [0.15, 0.2) is 11.5 Å². The first-order valence-corrected chi connectivity index (χ1v) is 4.80. The second kappa shape index (κ2) is 6.09. The van der Waals surface area contributed by atoms with E-state index in [0.717, 1.165) is 0 Å². The van der Waals surface area contributed by atoms with Gasteiger partial charge in [-0.2, -0.15) is 0 Å². The summed E-state index contributed by atoms with van der Waals surface area (Å²) >= 11 is 0. The fourth-order valence-electron chi connectivity index (χ4n) is 1.78. The number of hydrogen-bond donors (Lipinski definition) is 0. The molecule has 76 valence electrons. The number of allylic oxidation sites excluding steroid dienone is 2. The molecule has 0 fully saturated rings. The topological polar surface area (TPSA) is 0 Å². The van der Waals surface area contributed by atoms with Gasteiger partial charge in [0.1, 0.15) is 0 Å². The third kappa shape index (κ3) is 4.39. The van der Waals surface area contributed by atoms with Crippen LogP contribution >= 0.6 is 0 Å². The Balaban J connectivity index is 0.00000169. The fraction of sp³-hybridized carbons (Fsp3) is 0.778. The van der Waals surface area contributed by atoms with Gasteiger partial charge in [-0.1, -0.05) is 20.3 Å². The van der Waals surface area contributed by atoms with E-state index in [-0.39, 0.29) is 63.3 Å². The molecule has 0 heterocycles. The summed E-state index contributed by atoms with van der Waals surface area (Å²) in [6, 6.07) is 0. The van der Waals surface area contributed by atoms with Crippen molar-refractivity contribution in [2.24, 2.45) is 11.8 Å². The van der Waals surface area contributed by atoms with Crippen molar-refractivity contribution in [2.45, 2.75) is 33.1 Å². The van der Waals surface area contributed by atoms with Crippen LogP contribution in [0.2, 0.25) is 0 Å². The van der Waals surface area contributed by atoms with E-state index in [1.807, 2.05) is 0 Å². The van der Waals surface area contributed by atoms with Crippen molar-refractivity contribution < 1.29 is 64.3 Å². The van der Waals surface area contributed by atoms with Gasteiger partial charge >= 0.3 is 58.4 Å². The van der Waals surface area contributed by atoms with Crippen molar-refractivity contribution in [1.29, 1.82) is 0 Å². The molecule has 1 atom stereocenters. The zero-order valence-electron chi connectivity index (χ0n) is 9.06. The molecule has 0 bridgehead atoms. The maximum atomic E-state index is 12.3. The average Bonchev–Trinajstić information content (AvgIpc) is 2.03. The molecule has 0 aromatic rings. The molecule has 0 saturated heterocycles. The van der Waals surface area contributed by atoms with Gasteiger partial charge in [0.2, 0.25) is 0 Å². The normalized spacial score (nSPS) is 23.0. The monoisotopic (exact) mass is 230 g/mol. The molecular formula is C9H15BF3K. The van der Waals surface area contributed by atoms with E-state index in [9.17, 15) is 12.9 Å². The molecule has 14 heavy (non-hydrogen) atoms. The molecule has 1 unspecified atom stereocenters. The molecule has 1 aliphatic carbocycles. The molecule has 1 rings (SSSR count). The van der Waals surface area contributed by atoms with Gasteiger partial charge in [-0.25, -0.2) is 0 Å². The third-order valence-electron chi connectivity index (χ3n) is 2.85. The Morgan fingerprint density at radius 1 is 1.36 bits per heavy atom. The van der Waals surface area contributed by atoms with E-state index >= 15 is 0 Å². The standard InChI is InChI=1S/C9H15BF3.K/c1-7(2)8-3-5-9(6-4-8)10(11,12)13;/h5,7-8H,3-4,6H2,1-2H3;/q-1;+1. The molecule has 0 saturated carbocycles. The molecule has 5 heteroatoms. The van der Waals surface area contributed by atoms with Gasteiger partial charge in [-0.15, -0.1) is 11.5 Å². The van der Waals surface area contributed by atoms with Gasteiger partial charge in [0.15, 0.2) is 0 Å². The predicted octanol–water partition coefficient (Wildman–Crippen LogP) is 0.759. The molecule has 0 aliphatic heterocycles. The van der Waals surface area contributed by atoms with Gasteiger partial charge in [-0.3, -0.25) is 0 Å². The molecular weight excluding hydrogens is 215 g/mol. The summed E-state index contributed by atoms with van der Waals surface area (Å²) in [4.78, 5) is 0. The average molecular weight is 230 g/mol. The Labute approximate surface area is 126 Å². The van der Waals surface area contributed by atoms with Crippen molar-refractivity contribution >= 4 is 6.98 Å². The van der Waals surface area contributed by atoms with Crippen molar-refractivity contribution in [3.8, 4) is 0 Å². The first-order chi connectivity index (χ1) is 5.91. The van der Waals surface area contributed by atoms with Crippen molar-refractivity contribution in [3.63, 3.8) is 0 Å². The molecule has 0 N–H and O–H groups in total. The van der Waals surface area contributed by atoms with Crippen LogP contribution in [0.1, 0.15) is 33.1 Å². The summed E-state index contributed by atoms with van der Waals surface area (Å²) in [5.41, 5.74) is -0.267. The molecule has 0 spiro atoms. The number of hydrogen-bond acceptors (Lipinski definition) is 0. The Morgan fingerprint density at radius 3 is 2.21 bits per heavy atom. The van der Waals surface area contributed by atoms with Crippen LogP contribution in [0.5, 0.6) is 0 Å². The second-order valence-electron chi connectivity index (χ2n) is 4.13. The van der Waals surface area contributed by atoms with Crippen molar-refractivity contribution in [2.75, 3.05) is 0 Å². The van der Waals surface area contributed by atoms with Gasteiger partial charge in [-0.05, 0) is 24.7 Å². The summed E-state index contributed by atoms with van der Waals surface area (Å²) in [5, 5.41) is 0. The summed E-state index contributed by atoms with van der Waals surface area (Å²) in [6.45, 7) is -0.566. The van der Waals surface area contributed by atoms with Crippen LogP contribution in [0.25, 0.3) is 0 Å². The summed E-state index contributed by atoms with van der Waals surface area (Å²) in [5.74, 6) is 0.945. The molecule has 1 aliphatic rings. The second-order valence-corrected chi connectivity index (χ2v) is 4.13. The van der Waals surface area contributed by atoms with Crippen molar-refractivity contribution in [3.05, 3.63) is 11.5 Å². The third-order valence-corrected chi connectivity index (χ3v) is 2.85. The van der Waals surface area contributed by atoms with Crippen LogP contribution in [0.3, 0.4) is 0 Å². The van der Waals surface area contributed by atoms with Crippen LogP contribution in [-0.4, -0.2) is 6.98 Å². The Hall–Kier alpha value is 1.23. The predicted molar refractivity (Wildman–Crippen MR) is 49.3 cm³/mol. The quantitative estimate of drug-likeness (QED) is 0.614. The number of halogens is 3. The van der Waals surface area contributed by atoms with Crippen LogP contribution in [0.4, 0.5) is 12.9 Å². The Kier molecular flexibility index (Phi) is 6.62. The number of rotatable bonds is 2. The van der Waals surface area contributed by atoms with E-state index < -0.39 is 6.98 Å². The minimum absolute atomic E-state index is 0. The zero-order valence-corrected chi connectivity index (χ0v) is 12.2. The molecule has 0 nitrogen and oxygen atoms in total. The Bertz CT molecular complexity index is 211.